The van der Waals surface area contributed by atoms with E-state index < -0.39 is 42.7 Å². The number of amides is 3. The van der Waals surface area contributed by atoms with Crippen molar-refractivity contribution in [1.82, 2.24) is 16.0 Å². The van der Waals surface area contributed by atoms with E-state index in [1.165, 1.54) is 0 Å². The van der Waals surface area contributed by atoms with Gasteiger partial charge in [0.25, 0.3) is 0 Å². The highest BCUT2D eigenvalue weighted by Crippen LogP contribution is 2.44. The summed E-state index contributed by atoms with van der Waals surface area (Å²) in [7, 11) is 0. The lowest BCUT2D eigenvalue weighted by Gasteiger charge is -2.22. The minimum atomic E-state index is -1.64. The van der Waals surface area contributed by atoms with E-state index >= 15 is 0 Å². The van der Waals surface area contributed by atoms with Crippen LogP contribution in [0.25, 0.3) is 11.1 Å². The Balaban J connectivity index is 1.42. The predicted molar refractivity (Wildman–Crippen MR) is 137 cm³/mol. The molecule has 0 unspecified atom stereocenters. The fraction of sp³-hybridized carbons (Fsp3) is 0.214. The average Bonchev–Trinajstić information content (AvgIpc) is 3.21. The molecule has 10 nitrogen and oxygen atoms in total. The van der Waals surface area contributed by atoms with Crippen LogP contribution in [0, 0.1) is 0 Å². The highest BCUT2D eigenvalue weighted by atomic mass is 16.5. The summed E-state index contributed by atoms with van der Waals surface area (Å²) >= 11 is 0. The first-order chi connectivity index (χ1) is 18.3. The molecule has 0 aliphatic heterocycles. The highest BCUT2D eigenvalue weighted by Gasteiger charge is 2.30. The third-order valence-electron chi connectivity index (χ3n) is 6.21. The summed E-state index contributed by atoms with van der Waals surface area (Å²) in [5.74, 6) is -3.02. The van der Waals surface area contributed by atoms with Gasteiger partial charge in [0.05, 0.1) is 6.42 Å². The van der Waals surface area contributed by atoms with Gasteiger partial charge in [-0.2, -0.15) is 0 Å². The first-order valence-electron chi connectivity index (χ1n) is 12.0. The van der Waals surface area contributed by atoms with E-state index in [0.29, 0.717) is 0 Å². The predicted octanol–water partition coefficient (Wildman–Crippen LogP) is 3.32. The van der Waals surface area contributed by atoms with Gasteiger partial charge in [-0.25, -0.2) is 14.4 Å². The maximum Gasteiger partial charge on any atom is 0.408 e. The number of aliphatic carboxylic acids is 2. The molecule has 5 N–H and O–H groups in total. The van der Waals surface area contributed by atoms with E-state index in [0.717, 1.165) is 27.8 Å². The van der Waals surface area contributed by atoms with Crippen LogP contribution in [0.3, 0.4) is 0 Å². The van der Waals surface area contributed by atoms with Crippen LogP contribution >= 0.6 is 0 Å². The number of benzene rings is 3. The van der Waals surface area contributed by atoms with Gasteiger partial charge in [0.1, 0.15) is 18.8 Å². The van der Waals surface area contributed by atoms with Crippen molar-refractivity contribution in [2.75, 3.05) is 6.61 Å². The van der Waals surface area contributed by atoms with Crippen LogP contribution < -0.4 is 16.0 Å². The fourth-order valence-corrected chi connectivity index (χ4v) is 4.50. The maximum absolute atomic E-state index is 12.8. The van der Waals surface area contributed by atoms with Gasteiger partial charge in [-0.1, -0.05) is 78.9 Å². The summed E-state index contributed by atoms with van der Waals surface area (Å²) in [5.41, 5.74) is 5.08. The van der Waals surface area contributed by atoms with Crippen LogP contribution in [-0.2, 0) is 20.7 Å². The molecule has 0 bridgehead atoms. The number of fused-ring (bicyclic) bond motifs is 3. The van der Waals surface area contributed by atoms with Crippen LogP contribution in [0.5, 0.6) is 0 Å². The SMILES string of the molecule is O=C(O)C[C@H](NC(=O)N[C@H](Cc1ccccc1)NC(=O)OCC1c2ccccc2-c2ccccc21)C(=O)O. The minimum Gasteiger partial charge on any atom is -0.481 e. The van der Waals surface area contributed by atoms with Crippen molar-refractivity contribution in [1.29, 1.82) is 0 Å². The molecule has 3 aromatic rings. The molecule has 10 heteroatoms. The minimum absolute atomic E-state index is 0.0732. The molecule has 1 aliphatic carbocycles. The molecule has 4 rings (SSSR count). The van der Waals surface area contributed by atoms with E-state index in [-0.39, 0.29) is 18.9 Å². The van der Waals surface area contributed by atoms with Gasteiger partial charge in [0, 0.05) is 12.3 Å². The summed E-state index contributed by atoms with van der Waals surface area (Å²) in [5, 5.41) is 25.3. The van der Waals surface area contributed by atoms with Crippen LogP contribution in [0.2, 0.25) is 0 Å². The number of alkyl carbamates (subject to hydrolysis) is 1. The van der Waals surface area contributed by atoms with E-state index in [4.69, 9.17) is 9.84 Å². The molecule has 0 fully saturated rings. The highest BCUT2D eigenvalue weighted by molar-refractivity contribution is 5.86. The van der Waals surface area contributed by atoms with Gasteiger partial charge in [0.2, 0.25) is 0 Å². The summed E-state index contributed by atoms with van der Waals surface area (Å²) in [6.45, 7) is 0.0732. The number of hydrogen-bond acceptors (Lipinski definition) is 5. The van der Waals surface area contributed by atoms with Crippen molar-refractivity contribution in [2.24, 2.45) is 0 Å². The van der Waals surface area contributed by atoms with E-state index in [2.05, 4.69) is 16.0 Å². The lowest BCUT2D eigenvalue weighted by Crippen LogP contribution is -2.55. The Morgan fingerprint density at radius 1 is 0.763 bits per heavy atom. The quantitative estimate of drug-likeness (QED) is 0.259. The number of hydrogen-bond donors (Lipinski definition) is 5. The van der Waals surface area contributed by atoms with Crippen molar-refractivity contribution in [2.45, 2.75) is 31.0 Å². The van der Waals surface area contributed by atoms with Crippen LogP contribution in [0.1, 0.15) is 29.0 Å². The van der Waals surface area contributed by atoms with Gasteiger partial charge in [0.15, 0.2) is 0 Å². The summed E-state index contributed by atoms with van der Waals surface area (Å²) < 4.78 is 5.57. The molecular formula is C28H27N3O7. The molecule has 3 amide bonds. The molecule has 0 heterocycles. The van der Waals surface area contributed by atoms with Crippen molar-refractivity contribution in [3.05, 3.63) is 95.6 Å². The smallest absolute Gasteiger partial charge is 0.408 e. The van der Waals surface area contributed by atoms with Crippen LogP contribution in [-0.4, -0.2) is 53.1 Å². The van der Waals surface area contributed by atoms with Gasteiger partial charge < -0.3 is 30.9 Å². The summed E-state index contributed by atoms with van der Waals surface area (Å²) in [6, 6.07) is 22.3. The van der Waals surface area contributed by atoms with Gasteiger partial charge in [-0.15, -0.1) is 0 Å². The third kappa shape index (κ3) is 6.47. The van der Waals surface area contributed by atoms with E-state index in [9.17, 15) is 24.3 Å². The number of urea groups is 1. The normalized spacial score (nSPS) is 13.4. The second-order valence-electron chi connectivity index (χ2n) is 8.82. The van der Waals surface area contributed by atoms with Gasteiger partial charge in [-0.3, -0.25) is 4.79 Å². The topological polar surface area (TPSA) is 154 Å². The number of ether oxygens (including phenoxy) is 1. The molecule has 2 atom stereocenters. The monoisotopic (exact) mass is 517 g/mol. The average molecular weight is 518 g/mol. The first-order valence-corrected chi connectivity index (χ1v) is 12.0. The molecule has 196 valence electrons. The molecule has 0 radical (unpaired) electrons. The van der Waals surface area contributed by atoms with Crippen LogP contribution in [0.15, 0.2) is 78.9 Å². The Kier molecular flexibility index (Phi) is 8.22. The zero-order valence-electron chi connectivity index (χ0n) is 20.3. The lowest BCUT2D eigenvalue weighted by atomic mass is 9.98. The maximum atomic E-state index is 12.8. The van der Waals surface area contributed by atoms with E-state index in [1.807, 2.05) is 54.6 Å². The van der Waals surface area contributed by atoms with Crippen LogP contribution in [0.4, 0.5) is 9.59 Å². The van der Waals surface area contributed by atoms with Crippen molar-refractivity contribution < 1.29 is 34.1 Å². The largest absolute Gasteiger partial charge is 0.481 e. The molecular weight excluding hydrogens is 490 g/mol. The number of rotatable bonds is 10. The van der Waals surface area contributed by atoms with Crippen molar-refractivity contribution in [3.63, 3.8) is 0 Å². The molecule has 0 saturated heterocycles. The Morgan fingerprint density at radius 3 is 1.92 bits per heavy atom. The Hall–Kier alpha value is -4.86. The zero-order valence-corrected chi connectivity index (χ0v) is 20.3. The molecule has 0 aromatic heterocycles. The third-order valence-corrected chi connectivity index (χ3v) is 6.21. The molecule has 1 aliphatic rings. The number of nitrogens with one attached hydrogen (secondary N) is 3. The van der Waals surface area contributed by atoms with Gasteiger partial charge >= 0.3 is 24.1 Å². The Morgan fingerprint density at radius 2 is 1.34 bits per heavy atom. The Bertz CT molecular complexity index is 1280. The van der Waals surface area contributed by atoms with Gasteiger partial charge in [-0.05, 0) is 27.8 Å². The Labute approximate surface area is 218 Å². The second-order valence-corrected chi connectivity index (χ2v) is 8.82. The summed E-state index contributed by atoms with van der Waals surface area (Å²) in [4.78, 5) is 47.5. The number of carboxylic acids is 2. The fourth-order valence-electron chi connectivity index (χ4n) is 4.50. The standard InChI is InChI=1S/C28H27N3O7/c32-25(33)15-23(26(34)35)29-27(36)30-24(14-17-8-2-1-3-9-17)31-28(37)38-16-22-20-12-6-4-10-18(20)19-11-5-7-13-21(19)22/h1-13,22-24H,14-16H2,(H,31,37)(H,32,33)(H,34,35)(H2,29,30,36)/t23-,24-/m0/s1. The molecule has 38 heavy (non-hydrogen) atoms. The molecule has 0 saturated carbocycles. The second kappa shape index (κ2) is 11.9. The molecule has 3 aromatic carbocycles. The number of carboxylic acid groups (broad SMARTS) is 2. The van der Waals surface area contributed by atoms with Crippen molar-refractivity contribution in [3.8, 4) is 11.1 Å². The summed E-state index contributed by atoms with van der Waals surface area (Å²) in [6.07, 6.45) is -2.36. The number of carbonyl (C=O) groups is 4. The zero-order chi connectivity index (χ0) is 27.1. The van der Waals surface area contributed by atoms with E-state index in [1.54, 1.807) is 24.3 Å². The van der Waals surface area contributed by atoms with Crippen molar-refractivity contribution >= 4 is 24.1 Å². The number of carbonyl (C=O) groups excluding carboxylic acids is 2. The first kappa shape index (κ1) is 26.2. The lowest BCUT2D eigenvalue weighted by molar-refractivity contribution is -0.145. The molecule has 0 spiro atoms.